The fourth-order valence-corrected chi connectivity index (χ4v) is 7.61. The normalized spacial score (nSPS) is 12.1. The molecule has 0 saturated heterocycles. The fourth-order valence-electron chi connectivity index (χ4n) is 7.61. The van der Waals surface area contributed by atoms with Gasteiger partial charge in [0.25, 0.3) is 0 Å². The van der Waals surface area contributed by atoms with Crippen molar-refractivity contribution in [3.8, 4) is 39.9 Å². The first-order valence-electron chi connectivity index (χ1n) is 19.1. The first-order valence-corrected chi connectivity index (χ1v) is 19.1. The summed E-state index contributed by atoms with van der Waals surface area (Å²) >= 11 is 0. The zero-order valence-corrected chi connectivity index (χ0v) is 36.3. The van der Waals surface area contributed by atoms with Gasteiger partial charge < -0.3 is 14.0 Å². The largest absolute Gasteiger partial charge is 2.00 e. The van der Waals surface area contributed by atoms with Gasteiger partial charge in [-0.2, -0.15) is 11.2 Å². The van der Waals surface area contributed by atoms with E-state index in [0.717, 1.165) is 57.5 Å². The van der Waals surface area contributed by atoms with Gasteiger partial charge in [-0.25, -0.2) is 4.98 Å². The molecule has 0 fully saturated rings. The predicted molar refractivity (Wildman–Crippen MR) is 222 cm³/mol. The van der Waals surface area contributed by atoms with Crippen LogP contribution in [0.15, 0.2) is 85.1 Å². The molecule has 0 spiro atoms. The maximum atomic E-state index is 6.62. The molecule has 0 amide bonds. The van der Waals surface area contributed by atoms with Crippen molar-refractivity contribution in [3.63, 3.8) is 0 Å². The van der Waals surface area contributed by atoms with Gasteiger partial charge in [0, 0.05) is 40.2 Å². The fraction of sp³-hybridized carbons (Fsp3) is 0.333. The number of pyridine rings is 1. The van der Waals surface area contributed by atoms with E-state index in [4.69, 9.17) is 19.6 Å². The second-order valence-corrected chi connectivity index (χ2v) is 16.8. The number of hydrogen-bond donors (Lipinski definition) is 0. The van der Waals surface area contributed by atoms with Crippen LogP contribution in [0.25, 0.3) is 44.4 Å². The Morgan fingerprint density at radius 3 is 2.25 bits per heavy atom. The third-order valence-corrected chi connectivity index (χ3v) is 10.2. The molecule has 0 unspecified atom stereocenters. The molecule has 6 nitrogen and oxygen atoms in total. The van der Waals surface area contributed by atoms with Crippen LogP contribution in [0, 0.1) is 19.1 Å². The molecule has 4 aromatic carbocycles. The standard InChI is InChI=1S/C48H52N4O2.Pt/c1-12-15-42-45(32-18-21-40(31(4)24-32)48(8,9)10)46(30(2)3)50-52(42)34-26-36(53-11)28-37(27-34)54-35-19-20-39-38-16-13-14-17-41(38)51(43(39)29-35)44-25-33(22-23-49-44)47(5,6)7;/h13-14,16-26,28,30H,12,15H2,1-11H3;/q-2;+2. The Bertz CT molecular complexity index is 2490. The molecule has 0 aliphatic rings. The average molecular weight is 912 g/mol. The minimum absolute atomic E-state index is 0. The third kappa shape index (κ3) is 7.76. The molecule has 0 saturated carbocycles. The molecule has 7 heteroatoms. The zero-order chi connectivity index (χ0) is 38.5. The number of methoxy groups -OCH3 is 1. The maximum Gasteiger partial charge on any atom is 2.00 e. The van der Waals surface area contributed by atoms with Crippen LogP contribution in [0.5, 0.6) is 17.2 Å². The average Bonchev–Trinajstić information content (AvgIpc) is 3.67. The number of aryl methyl sites for hydroxylation is 1. The van der Waals surface area contributed by atoms with Crippen LogP contribution in [-0.4, -0.2) is 26.4 Å². The molecular weight excluding hydrogens is 860 g/mol. The van der Waals surface area contributed by atoms with E-state index in [1.165, 1.54) is 27.8 Å². The molecular formula is C48H52N4O2Pt. The summed E-state index contributed by atoms with van der Waals surface area (Å²) in [5.41, 5.74) is 11.2. The molecule has 7 aromatic rings. The first-order chi connectivity index (χ1) is 25.7. The second-order valence-electron chi connectivity index (χ2n) is 16.8. The van der Waals surface area contributed by atoms with Crippen LogP contribution in [0.4, 0.5) is 0 Å². The molecule has 0 N–H and O–H groups in total. The summed E-state index contributed by atoms with van der Waals surface area (Å²) in [6, 6.07) is 34.7. The molecule has 3 aromatic heterocycles. The van der Waals surface area contributed by atoms with Gasteiger partial charge in [0.15, 0.2) is 0 Å². The molecule has 7 rings (SSSR count). The Hall–Kier alpha value is -4.67. The molecule has 3 heterocycles. The number of benzene rings is 4. The van der Waals surface area contributed by atoms with Gasteiger partial charge in [0.1, 0.15) is 5.82 Å². The van der Waals surface area contributed by atoms with Crippen molar-refractivity contribution in [2.45, 2.75) is 98.8 Å². The van der Waals surface area contributed by atoms with Gasteiger partial charge in [-0.1, -0.05) is 117 Å². The summed E-state index contributed by atoms with van der Waals surface area (Å²) < 4.78 is 16.7. The summed E-state index contributed by atoms with van der Waals surface area (Å²) in [5, 5.41) is 7.51. The molecule has 55 heavy (non-hydrogen) atoms. The topological polar surface area (TPSA) is 54.1 Å². The molecule has 0 aliphatic carbocycles. The van der Waals surface area contributed by atoms with Crippen molar-refractivity contribution >= 4 is 21.8 Å². The number of nitrogens with zero attached hydrogens (tertiary/aromatic N) is 4. The van der Waals surface area contributed by atoms with Crippen molar-refractivity contribution in [2.24, 2.45) is 0 Å². The Kier molecular flexibility index (Phi) is 11.2. The summed E-state index contributed by atoms with van der Waals surface area (Å²) in [6.07, 6.45) is 3.72. The molecule has 0 aliphatic heterocycles. The van der Waals surface area contributed by atoms with Crippen LogP contribution in [0.2, 0.25) is 0 Å². The van der Waals surface area contributed by atoms with Gasteiger partial charge >= 0.3 is 21.1 Å². The Balaban J connectivity index is 0.00000514. The quantitative estimate of drug-likeness (QED) is 0.135. The van der Waals surface area contributed by atoms with Crippen molar-refractivity contribution in [1.82, 2.24) is 19.3 Å². The third-order valence-electron chi connectivity index (χ3n) is 10.2. The van der Waals surface area contributed by atoms with Gasteiger partial charge in [-0.3, -0.25) is 4.68 Å². The van der Waals surface area contributed by atoms with Crippen molar-refractivity contribution in [2.75, 3.05) is 7.11 Å². The number of para-hydroxylation sites is 1. The Labute approximate surface area is 341 Å². The van der Waals surface area contributed by atoms with Crippen LogP contribution in [0.1, 0.15) is 103 Å². The van der Waals surface area contributed by atoms with E-state index in [1.54, 1.807) is 7.11 Å². The molecule has 286 valence electrons. The maximum absolute atomic E-state index is 6.62. The number of rotatable bonds is 9. The van der Waals surface area contributed by atoms with Crippen molar-refractivity contribution in [3.05, 3.63) is 125 Å². The minimum Gasteiger partial charge on any atom is -0.522 e. The van der Waals surface area contributed by atoms with Gasteiger partial charge in [0.2, 0.25) is 0 Å². The molecule has 0 atom stereocenters. The Morgan fingerprint density at radius 1 is 0.818 bits per heavy atom. The minimum atomic E-state index is -0.0214. The number of aromatic nitrogens is 4. The van der Waals surface area contributed by atoms with Crippen LogP contribution in [-0.2, 0) is 38.3 Å². The van der Waals surface area contributed by atoms with Gasteiger partial charge in [-0.15, -0.1) is 29.7 Å². The van der Waals surface area contributed by atoms with Crippen LogP contribution >= 0.6 is 0 Å². The summed E-state index contributed by atoms with van der Waals surface area (Å²) in [4.78, 5) is 4.83. The van der Waals surface area contributed by atoms with E-state index in [0.29, 0.717) is 17.2 Å². The van der Waals surface area contributed by atoms with Crippen LogP contribution < -0.4 is 9.47 Å². The van der Waals surface area contributed by atoms with Gasteiger partial charge in [0.05, 0.1) is 12.8 Å². The van der Waals surface area contributed by atoms with E-state index in [1.807, 2.05) is 24.4 Å². The summed E-state index contributed by atoms with van der Waals surface area (Å²) in [5.74, 6) is 2.81. The van der Waals surface area contributed by atoms with Crippen LogP contribution in [0.3, 0.4) is 0 Å². The molecule has 0 radical (unpaired) electrons. The van der Waals surface area contributed by atoms with E-state index in [9.17, 15) is 0 Å². The molecule has 0 bridgehead atoms. The number of fused-ring (bicyclic) bond motifs is 3. The van der Waals surface area contributed by atoms with Gasteiger partial charge in [-0.05, 0) is 81.6 Å². The van der Waals surface area contributed by atoms with Crippen molar-refractivity contribution in [1.29, 1.82) is 0 Å². The van der Waals surface area contributed by atoms with E-state index in [2.05, 4.69) is 151 Å². The second kappa shape index (κ2) is 15.5. The smallest absolute Gasteiger partial charge is 0.522 e. The SMILES string of the molecule is CCCc1c(-c2ccc(C(C)(C)C)c(C)c2)c(C(C)C)nn1-c1[c-]c(Oc2[c-]c3c(cc2)c2ccccc2n3-c2cc(C(C)(C)C)ccn2)cc(OC)c1.[Pt+2]. The monoisotopic (exact) mass is 911 g/mol. The van der Waals surface area contributed by atoms with E-state index >= 15 is 0 Å². The van der Waals surface area contributed by atoms with E-state index in [-0.39, 0.29) is 37.8 Å². The summed E-state index contributed by atoms with van der Waals surface area (Å²) in [7, 11) is 1.68. The zero-order valence-electron chi connectivity index (χ0n) is 34.0. The Morgan fingerprint density at radius 2 is 1.58 bits per heavy atom. The predicted octanol–water partition coefficient (Wildman–Crippen LogP) is 12.4. The van der Waals surface area contributed by atoms with E-state index < -0.39 is 0 Å². The first kappa shape index (κ1) is 40.0. The number of ether oxygens (including phenoxy) is 2. The summed E-state index contributed by atoms with van der Waals surface area (Å²) in [6.45, 7) is 22.3. The number of hydrogen-bond acceptors (Lipinski definition) is 4. The van der Waals surface area contributed by atoms with Crippen molar-refractivity contribution < 1.29 is 30.5 Å².